The zero-order chi connectivity index (χ0) is 13.1. The van der Waals surface area contributed by atoms with E-state index in [4.69, 9.17) is 5.11 Å². The minimum absolute atomic E-state index is 0.0126. The average molecular weight is 250 g/mol. The van der Waals surface area contributed by atoms with Crippen molar-refractivity contribution < 1.29 is 19.1 Å². The first-order chi connectivity index (χ1) is 8.58. The molecule has 1 aliphatic heterocycles. The number of carbonyl (C=O) groups excluding carboxylic acids is 1. The Balaban J connectivity index is 2.21. The van der Waals surface area contributed by atoms with E-state index in [-0.39, 0.29) is 23.6 Å². The Morgan fingerprint density at radius 1 is 1.44 bits per heavy atom. The van der Waals surface area contributed by atoms with Crippen LogP contribution in [-0.2, 0) is 0 Å². The zero-order valence-corrected chi connectivity index (χ0v) is 9.47. The number of pyridine rings is 1. The number of carbonyl (C=O) groups is 2. The zero-order valence-electron chi connectivity index (χ0n) is 9.47. The number of rotatable bonds is 2. The van der Waals surface area contributed by atoms with Crippen LogP contribution in [0.1, 0.15) is 27.3 Å². The first-order valence-electron chi connectivity index (χ1n) is 5.41. The average Bonchev–Trinajstić information content (AvgIpc) is 2.38. The molecular formula is C12H11FN2O3. The number of carboxylic acids is 1. The molecule has 0 saturated heterocycles. The lowest BCUT2D eigenvalue weighted by Crippen LogP contribution is -2.35. The molecule has 0 saturated carbocycles. The third-order valence-electron chi connectivity index (χ3n) is 2.62. The topological polar surface area (TPSA) is 70.5 Å². The van der Waals surface area contributed by atoms with Gasteiger partial charge in [0.2, 0.25) is 0 Å². The molecule has 2 rings (SSSR count). The highest BCUT2D eigenvalue weighted by molar-refractivity contribution is 5.95. The second-order valence-electron chi connectivity index (χ2n) is 3.90. The van der Waals surface area contributed by atoms with E-state index in [1.807, 2.05) is 0 Å². The standard InChI is InChI=1S/C12H11FN2O3/c13-9-2-1-5-15(7-9)11(16)10-6-8(12(17)18)3-4-14-10/h2-4,6H,1,5,7H2,(H,17,18). The molecular weight excluding hydrogens is 239 g/mol. The third kappa shape index (κ3) is 2.53. The van der Waals surface area contributed by atoms with Gasteiger partial charge in [-0.25, -0.2) is 9.18 Å². The molecule has 1 amide bonds. The predicted molar refractivity (Wildman–Crippen MR) is 60.9 cm³/mol. The van der Waals surface area contributed by atoms with E-state index in [9.17, 15) is 14.0 Å². The normalized spacial score (nSPS) is 15.2. The molecule has 1 aromatic rings. The Morgan fingerprint density at radius 2 is 2.22 bits per heavy atom. The van der Waals surface area contributed by atoms with Crippen LogP contribution in [-0.4, -0.2) is 40.0 Å². The first kappa shape index (κ1) is 12.2. The van der Waals surface area contributed by atoms with E-state index in [1.165, 1.54) is 29.3 Å². The summed E-state index contributed by atoms with van der Waals surface area (Å²) in [6.07, 6.45) is 3.15. The molecule has 0 aromatic carbocycles. The van der Waals surface area contributed by atoms with Crippen molar-refractivity contribution in [1.29, 1.82) is 0 Å². The number of nitrogens with zero attached hydrogens (tertiary/aromatic N) is 2. The molecule has 0 fully saturated rings. The maximum Gasteiger partial charge on any atom is 0.335 e. The Morgan fingerprint density at radius 3 is 2.89 bits per heavy atom. The smallest absolute Gasteiger partial charge is 0.335 e. The van der Waals surface area contributed by atoms with Crippen molar-refractivity contribution in [2.24, 2.45) is 0 Å². The van der Waals surface area contributed by atoms with Crippen LogP contribution >= 0.6 is 0 Å². The molecule has 5 nitrogen and oxygen atoms in total. The Bertz CT molecular complexity index is 528. The molecule has 0 bridgehead atoms. The number of hydrogen-bond donors (Lipinski definition) is 1. The van der Waals surface area contributed by atoms with Gasteiger partial charge in [0, 0.05) is 12.7 Å². The lowest BCUT2D eigenvalue weighted by Gasteiger charge is -2.24. The number of aromatic nitrogens is 1. The molecule has 2 heterocycles. The summed E-state index contributed by atoms with van der Waals surface area (Å²) in [6.45, 7) is 0.322. The lowest BCUT2D eigenvalue weighted by molar-refractivity contribution is 0.0696. The van der Waals surface area contributed by atoms with Crippen LogP contribution in [0.5, 0.6) is 0 Å². The minimum atomic E-state index is -1.13. The SMILES string of the molecule is O=C(O)c1ccnc(C(=O)N2CCC=C(F)C2)c1. The predicted octanol–water partition coefficient (Wildman–Crippen LogP) is 1.48. The molecule has 1 aromatic heterocycles. The van der Waals surface area contributed by atoms with Gasteiger partial charge in [0.15, 0.2) is 0 Å². The number of amides is 1. The Kier molecular flexibility index (Phi) is 3.36. The van der Waals surface area contributed by atoms with E-state index in [2.05, 4.69) is 4.98 Å². The van der Waals surface area contributed by atoms with Crippen LogP contribution in [0.2, 0.25) is 0 Å². The van der Waals surface area contributed by atoms with Crippen molar-refractivity contribution >= 4 is 11.9 Å². The van der Waals surface area contributed by atoms with Gasteiger partial charge < -0.3 is 10.0 Å². The second-order valence-corrected chi connectivity index (χ2v) is 3.90. The van der Waals surface area contributed by atoms with Gasteiger partial charge in [0.25, 0.3) is 5.91 Å². The maximum absolute atomic E-state index is 13.1. The quantitative estimate of drug-likeness (QED) is 0.863. The molecule has 0 unspecified atom stereocenters. The van der Waals surface area contributed by atoms with Gasteiger partial charge >= 0.3 is 5.97 Å². The van der Waals surface area contributed by atoms with E-state index in [0.29, 0.717) is 13.0 Å². The van der Waals surface area contributed by atoms with Gasteiger partial charge in [0.1, 0.15) is 11.5 Å². The molecule has 94 valence electrons. The van der Waals surface area contributed by atoms with Crippen molar-refractivity contribution in [3.63, 3.8) is 0 Å². The fourth-order valence-corrected chi connectivity index (χ4v) is 1.72. The molecule has 1 N–H and O–H groups in total. The van der Waals surface area contributed by atoms with Gasteiger partial charge in [-0.1, -0.05) is 0 Å². The first-order valence-corrected chi connectivity index (χ1v) is 5.41. The van der Waals surface area contributed by atoms with Gasteiger partial charge in [-0.05, 0) is 24.6 Å². The summed E-state index contributed by atoms with van der Waals surface area (Å²) < 4.78 is 13.1. The minimum Gasteiger partial charge on any atom is -0.478 e. The summed E-state index contributed by atoms with van der Waals surface area (Å²) in [5.41, 5.74) is 0.00553. The summed E-state index contributed by atoms with van der Waals surface area (Å²) in [5.74, 6) is -1.94. The summed E-state index contributed by atoms with van der Waals surface area (Å²) in [7, 11) is 0. The molecule has 0 atom stereocenters. The molecule has 0 aliphatic carbocycles. The molecule has 6 heteroatoms. The Hall–Kier alpha value is -2.24. The number of halogens is 1. The maximum atomic E-state index is 13.1. The summed E-state index contributed by atoms with van der Waals surface area (Å²) in [6, 6.07) is 2.50. The molecule has 1 aliphatic rings. The van der Waals surface area contributed by atoms with Crippen LogP contribution in [0.3, 0.4) is 0 Å². The third-order valence-corrected chi connectivity index (χ3v) is 2.62. The fraction of sp³-hybridized carbons (Fsp3) is 0.250. The summed E-state index contributed by atoms with van der Waals surface area (Å²) in [4.78, 5) is 27.9. The van der Waals surface area contributed by atoms with Crippen LogP contribution in [0.4, 0.5) is 4.39 Å². The van der Waals surface area contributed by atoms with Crippen LogP contribution < -0.4 is 0 Å². The van der Waals surface area contributed by atoms with Crippen molar-refractivity contribution in [3.05, 3.63) is 41.5 Å². The van der Waals surface area contributed by atoms with Crippen molar-refractivity contribution in [3.8, 4) is 0 Å². The van der Waals surface area contributed by atoms with E-state index < -0.39 is 11.9 Å². The monoisotopic (exact) mass is 250 g/mol. The van der Waals surface area contributed by atoms with Gasteiger partial charge in [-0.3, -0.25) is 9.78 Å². The van der Waals surface area contributed by atoms with Gasteiger partial charge in [0.05, 0.1) is 12.1 Å². The number of carboxylic acid groups (broad SMARTS) is 1. The Labute approximate surface area is 103 Å². The fourth-order valence-electron chi connectivity index (χ4n) is 1.72. The van der Waals surface area contributed by atoms with Crippen molar-refractivity contribution in [1.82, 2.24) is 9.88 Å². The number of aromatic carboxylic acids is 1. The van der Waals surface area contributed by atoms with E-state index >= 15 is 0 Å². The highest BCUT2D eigenvalue weighted by Gasteiger charge is 2.21. The lowest BCUT2D eigenvalue weighted by atomic mass is 10.2. The van der Waals surface area contributed by atoms with Crippen molar-refractivity contribution in [2.75, 3.05) is 13.1 Å². The summed E-state index contributed by atoms with van der Waals surface area (Å²) in [5, 5.41) is 8.82. The molecule has 18 heavy (non-hydrogen) atoms. The number of hydrogen-bond acceptors (Lipinski definition) is 3. The molecule has 0 spiro atoms. The van der Waals surface area contributed by atoms with Gasteiger partial charge in [-0.15, -0.1) is 0 Å². The van der Waals surface area contributed by atoms with E-state index in [0.717, 1.165) is 0 Å². The van der Waals surface area contributed by atoms with E-state index in [1.54, 1.807) is 0 Å². The van der Waals surface area contributed by atoms with Crippen LogP contribution in [0.15, 0.2) is 30.2 Å². The highest BCUT2D eigenvalue weighted by atomic mass is 19.1. The van der Waals surface area contributed by atoms with Crippen molar-refractivity contribution in [2.45, 2.75) is 6.42 Å². The van der Waals surface area contributed by atoms with Crippen LogP contribution in [0.25, 0.3) is 0 Å². The van der Waals surface area contributed by atoms with Crippen LogP contribution in [0, 0.1) is 0 Å². The summed E-state index contributed by atoms with van der Waals surface area (Å²) >= 11 is 0. The van der Waals surface area contributed by atoms with Gasteiger partial charge in [-0.2, -0.15) is 0 Å². The molecule has 0 radical (unpaired) electrons. The highest BCUT2D eigenvalue weighted by Crippen LogP contribution is 2.13. The largest absolute Gasteiger partial charge is 0.478 e. The second kappa shape index (κ2) is 4.95.